The Hall–Kier alpha value is -3.98. The van der Waals surface area contributed by atoms with E-state index in [1.807, 2.05) is 47.2 Å². The molecule has 0 spiro atoms. The van der Waals surface area contributed by atoms with Gasteiger partial charge in [-0.25, -0.2) is 9.97 Å². The molecule has 1 saturated carbocycles. The van der Waals surface area contributed by atoms with Crippen LogP contribution in [0.4, 0.5) is 5.82 Å². The smallest absolute Gasteiger partial charge is 0.163 e. The molecule has 152 valence electrons. The van der Waals surface area contributed by atoms with E-state index in [2.05, 4.69) is 26.8 Å². The lowest BCUT2D eigenvalue weighted by Crippen LogP contribution is -2.00. The number of nitrogens with zero attached hydrogens (tertiary/aromatic N) is 4. The third kappa shape index (κ3) is 4.17. The van der Waals surface area contributed by atoms with Gasteiger partial charge in [-0.3, -0.25) is 9.78 Å². The van der Waals surface area contributed by atoms with Crippen LogP contribution in [-0.4, -0.2) is 25.3 Å². The first-order chi connectivity index (χ1) is 15.2. The molecule has 2 N–H and O–H groups in total. The standard InChI is InChI=1S/C25H21N5O/c26-24-23-21(7-6-17-2-1-3-20(12-17)22(31)13-18-4-5-18)15-30(25(23)29-16-28-24)14-19-8-10-27-11-9-19/h1-3,8-12,15-16,18H,4-5,13-14H2,(H2,26,28,29). The van der Waals surface area contributed by atoms with Crippen molar-refractivity contribution >= 4 is 22.6 Å². The zero-order chi connectivity index (χ0) is 21.2. The SMILES string of the molecule is Nc1ncnc2c1c(C#Cc1cccc(C(=O)CC3CC3)c1)cn2Cc1ccncc1. The van der Waals surface area contributed by atoms with Crippen LogP contribution in [0.2, 0.25) is 0 Å². The van der Waals surface area contributed by atoms with Crippen molar-refractivity contribution in [3.05, 3.63) is 83.6 Å². The number of pyridine rings is 1. The molecule has 1 aromatic carbocycles. The number of aromatic nitrogens is 4. The van der Waals surface area contributed by atoms with Gasteiger partial charge in [-0.05, 0) is 48.6 Å². The molecule has 0 radical (unpaired) electrons. The second kappa shape index (κ2) is 8.04. The van der Waals surface area contributed by atoms with Crippen LogP contribution >= 0.6 is 0 Å². The first-order valence-corrected chi connectivity index (χ1v) is 10.3. The van der Waals surface area contributed by atoms with Crippen LogP contribution in [-0.2, 0) is 6.54 Å². The molecule has 1 aliphatic carbocycles. The molecular formula is C25H21N5O. The Morgan fingerprint density at radius 3 is 2.77 bits per heavy atom. The Balaban J connectivity index is 1.49. The summed E-state index contributed by atoms with van der Waals surface area (Å²) in [6, 6.07) is 11.5. The molecule has 0 saturated heterocycles. The molecule has 4 aromatic rings. The van der Waals surface area contributed by atoms with Crippen LogP contribution in [0.25, 0.3) is 11.0 Å². The normalized spacial score (nSPS) is 13.0. The molecule has 1 fully saturated rings. The highest BCUT2D eigenvalue weighted by Gasteiger charge is 2.24. The van der Waals surface area contributed by atoms with E-state index < -0.39 is 0 Å². The fraction of sp³-hybridized carbons (Fsp3) is 0.200. The number of nitrogen functional groups attached to an aromatic ring is 1. The van der Waals surface area contributed by atoms with Crippen LogP contribution in [0.15, 0.2) is 61.3 Å². The Kier molecular flexibility index (Phi) is 4.93. The summed E-state index contributed by atoms with van der Waals surface area (Å²) in [5, 5.41) is 0.741. The Morgan fingerprint density at radius 1 is 1.13 bits per heavy atom. The Morgan fingerprint density at radius 2 is 1.97 bits per heavy atom. The Bertz CT molecular complexity index is 1330. The number of ketones is 1. The van der Waals surface area contributed by atoms with Gasteiger partial charge in [-0.1, -0.05) is 24.0 Å². The highest BCUT2D eigenvalue weighted by atomic mass is 16.1. The first kappa shape index (κ1) is 19.0. The van der Waals surface area contributed by atoms with E-state index in [1.54, 1.807) is 12.4 Å². The molecule has 3 heterocycles. The van der Waals surface area contributed by atoms with Gasteiger partial charge >= 0.3 is 0 Å². The van der Waals surface area contributed by atoms with Gasteiger partial charge < -0.3 is 10.3 Å². The van der Waals surface area contributed by atoms with Gasteiger partial charge in [0.05, 0.1) is 10.9 Å². The highest BCUT2D eigenvalue weighted by molar-refractivity contribution is 5.97. The van der Waals surface area contributed by atoms with Crippen molar-refractivity contribution in [2.45, 2.75) is 25.8 Å². The third-order valence-corrected chi connectivity index (χ3v) is 5.48. The molecule has 0 amide bonds. The maximum Gasteiger partial charge on any atom is 0.163 e. The van der Waals surface area contributed by atoms with Crippen molar-refractivity contribution in [3.8, 4) is 11.8 Å². The molecule has 0 bridgehead atoms. The van der Waals surface area contributed by atoms with Gasteiger partial charge in [0.25, 0.3) is 0 Å². The summed E-state index contributed by atoms with van der Waals surface area (Å²) in [5.74, 6) is 7.56. The quantitative estimate of drug-likeness (QED) is 0.401. The minimum Gasteiger partial charge on any atom is -0.383 e. The minimum absolute atomic E-state index is 0.192. The summed E-state index contributed by atoms with van der Waals surface area (Å²) in [7, 11) is 0. The van der Waals surface area contributed by atoms with Gasteiger partial charge in [0.15, 0.2) is 5.78 Å². The number of Topliss-reactive ketones (excluding diaryl/α,β-unsaturated/α-hetero) is 1. The number of carbonyl (C=O) groups is 1. The molecule has 5 rings (SSSR count). The van der Waals surface area contributed by atoms with Crippen molar-refractivity contribution in [1.29, 1.82) is 0 Å². The zero-order valence-electron chi connectivity index (χ0n) is 17.0. The van der Waals surface area contributed by atoms with Crippen LogP contribution in [0.1, 0.15) is 46.3 Å². The predicted octanol–water partition coefficient (Wildman–Crippen LogP) is 3.84. The number of carbonyl (C=O) groups excluding carboxylic acids is 1. The van der Waals surface area contributed by atoms with Gasteiger partial charge in [-0.15, -0.1) is 0 Å². The first-order valence-electron chi connectivity index (χ1n) is 10.3. The van der Waals surface area contributed by atoms with E-state index in [9.17, 15) is 4.79 Å². The van der Waals surface area contributed by atoms with E-state index in [-0.39, 0.29) is 5.78 Å². The number of benzene rings is 1. The summed E-state index contributed by atoms with van der Waals surface area (Å²) in [5.41, 5.74) is 10.3. The minimum atomic E-state index is 0.192. The lowest BCUT2D eigenvalue weighted by molar-refractivity contribution is 0.0976. The average molecular weight is 407 g/mol. The van der Waals surface area contributed by atoms with E-state index in [0.717, 1.165) is 46.1 Å². The Labute approximate surface area is 180 Å². The lowest BCUT2D eigenvalue weighted by Gasteiger charge is -2.04. The monoisotopic (exact) mass is 407 g/mol. The number of hydrogen-bond donors (Lipinski definition) is 1. The lowest BCUT2D eigenvalue weighted by atomic mass is 10.0. The topological polar surface area (TPSA) is 86.7 Å². The highest BCUT2D eigenvalue weighted by Crippen LogP contribution is 2.33. The van der Waals surface area contributed by atoms with Crippen LogP contribution in [0, 0.1) is 17.8 Å². The van der Waals surface area contributed by atoms with E-state index in [4.69, 9.17) is 5.73 Å². The number of rotatable bonds is 5. The molecule has 6 heteroatoms. The zero-order valence-corrected chi connectivity index (χ0v) is 17.0. The van der Waals surface area contributed by atoms with Crippen LogP contribution in [0.3, 0.4) is 0 Å². The van der Waals surface area contributed by atoms with Gasteiger partial charge in [0, 0.05) is 42.7 Å². The molecule has 6 nitrogen and oxygen atoms in total. The summed E-state index contributed by atoms with van der Waals surface area (Å²) in [6.45, 7) is 0.627. The number of anilines is 1. The van der Waals surface area contributed by atoms with Gasteiger partial charge in [0.1, 0.15) is 17.8 Å². The van der Waals surface area contributed by atoms with Gasteiger partial charge in [0.2, 0.25) is 0 Å². The fourth-order valence-corrected chi connectivity index (χ4v) is 3.66. The second-order valence-electron chi connectivity index (χ2n) is 7.89. The van der Waals surface area contributed by atoms with Crippen molar-refractivity contribution in [2.24, 2.45) is 5.92 Å². The molecule has 0 unspecified atom stereocenters. The maximum absolute atomic E-state index is 12.4. The average Bonchev–Trinajstić information content (AvgIpc) is 3.54. The van der Waals surface area contributed by atoms with Crippen molar-refractivity contribution < 1.29 is 4.79 Å². The molecule has 31 heavy (non-hydrogen) atoms. The molecule has 1 aliphatic rings. The van der Waals surface area contributed by atoms with Crippen LogP contribution in [0.5, 0.6) is 0 Å². The molecule has 0 atom stereocenters. The van der Waals surface area contributed by atoms with Crippen molar-refractivity contribution in [1.82, 2.24) is 19.5 Å². The van der Waals surface area contributed by atoms with Crippen LogP contribution < -0.4 is 5.73 Å². The maximum atomic E-state index is 12.4. The molecule has 3 aromatic heterocycles. The van der Waals surface area contributed by atoms with Gasteiger partial charge in [-0.2, -0.15) is 0 Å². The summed E-state index contributed by atoms with van der Waals surface area (Å²) in [4.78, 5) is 25.1. The van der Waals surface area contributed by atoms with E-state index in [0.29, 0.717) is 24.7 Å². The number of hydrogen-bond acceptors (Lipinski definition) is 5. The molecular weight excluding hydrogens is 386 g/mol. The number of fused-ring (bicyclic) bond motifs is 1. The molecule has 0 aliphatic heterocycles. The van der Waals surface area contributed by atoms with Crippen molar-refractivity contribution in [3.63, 3.8) is 0 Å². The summed E-state index contributed by atoms with van der Waals surface area (Å²) < 4.78 is 2.02. The fourth-order valence-electron chi connectivity index (χ4n) is 3.66. The summed E-state index contributed by atoms with van der Waals surface area (Å²) in [6.07, 6.45) is 9.91. The number of nitrogens with two attached hydrogens (primary N) is 1. The van der Waals surface area contributed by atoms with E-state index >= 15 is 0 Å². The van der Waals surface area contributed by atoms with E-state index in [1.165, 1.54) is 6.33 Å². The second-order valence-corrected chi connectivity index (χ2v) is 7.89. The van der Waals surface area contributed by atoms with Crippen molar-refractivity contribution in [2.75, 3.05) is 5.73 Å². The third-order valence-electron chi connectivity index (χ3n) is 5.48. The predicted molar refractivity (Wildman–Crippen MR) is 119 cm³/mol. The largest absolute Gasteiger partial charge is 0.383 e. The summed E-state index contributed by atoms with van der Waals surface area (Å²) >= 11 is 0.